The summed E-state index contributed by atoms with van der Waals surface area (Å²) in [6.07, 6.45) is -3.50. The van der Waals surface area contributed by atoms with Gasteiger partial charge >= 0.3 is 12.1 Å². The van der Waals surface area contributed by atoms with E-state index in [1.165, 1.54) is 0 Å². The first kappa shape index (κ1) is 20.5. The number of nitrogens with zero attached hydrogens (tertiary/aromatic N) is 3. The van der Waals surface area contributed by atoms with Crippen molar-refractivity contribution in [2.24, 2.45) is 11.7 Å². The number of carbonyl (C=O) groups is 1. The van der Waals surface area contributed by atoms with E-state index in [1.807, 2.05) is 12.1 Å². The Morgan fingerprint density at radius 1 is 1.26 bits per heavy atom. The number of methoxy groups -OCH3 is 2. The van der Waals surface area contributed by atoms with Gasteiger partial charge in [0, 0.05) is 30.5 Å². The molecule has 11 heteroatoms. The molecule has 0 atom stereocenters. The number of alkyl halides is 3. The first-order chi connectivity index (χ1) is 12.7. The summed E-state index contributed by atoms with van der Waals surface area (Å²) < 4.78 is 42.4. The number of aliphatic carboxylic acids is 1. The van der Waals surface area contributed by atoms with Gasteiger partial charge in [0.15, 0.2) is 11.5 Å². The number of nitrogens with two attached hydrogens (primary N) is 1. The maximum absolute atomic E-state index is 10.6. The second-order valence-corrected chi connectivity index (χ2v) is 5.73. The summed E-state index contributed by atoms with van der Waals surface area (Å²) in [6, 6.07) is 3.80. The Morgan fingerprint density at radius 3 is 2.30 bits per heavy atom. The minimum Gasteiger partial charge on any atom is -0.493 e. The highest BCUT2D eigenvalue weighted by atomic mass is 19.4. The number of anilines is 1. The van der Waals surface area contributed by atoms with Crippen LogP contribution < -0.4 is 20.1 Å². The molecule has 1 aliphatic heterocycles. The number of halogens is 3. The van der Waals surface area contributed by atoms with Crippen molar-refractivity contribution in [3.8, 4) is 11.5 Å². The van der Waals surface area contributed by atoms with E-state index in [0.29, 0.717) is 17.4 Å². The van der Waals surface area contributed by atoms with Gasteiger partial charge < -0.3 is 25.2 Å². The number of hydrogen-bond acceptors (Lipinski definition) is 7. The summed E-state index contributed by atoms with van der Waals surface area (Å²) in [5, 5.41) is 8.10. The number of fused-ring (bicyclic) bond motifs is 1. The summed E-state index contributed by atoms with van der Waals surface area (Å²) in [7, 11) is 3.24. The predicted octanol–water partition coefficient (Wildman–Crippen LogP) is 1.68. The third-order valence-electron chi connectivity index (χ3n) is 3.95. The van der Waals surface area contributed by atoms with Gasteiger partial charge in [-0.1, -0.05) is 0 Å². The molecular formula is C16H19F3N4O4. The molecule has 1 aromatic heterocycles. The van der Waals surface area contributed by atoms with E-state index in [0.717, 1.165) is 36.4 Å². The average molecular weight is 388 g/mol. The van der Waals surface area contributed by atoms with Crippen LogP contribution in [-0.2, 0) is 4.79 Å². The van der Waals surface area contributed by atoms with E-state index in [-0.39, 0.29) is 0 Å². The summed E-state index contributed by atoms with van der Waals surface area (Å²) >= 11 is 0. The van der Waals surface area contributed by atoms with E-state index in [4.69, 9.17) is 25.1 Å². The molecular weight excluding hydrogens is 369 g/mol. The van der Waals surface area contributed by atoms with Gasteiger partial charge in [-0.05, 0) is 12.6 Å². The van der Waals surface area contributed by atoms with Crippen molar-refractivity contribution < 1.29 is 32.5 Å². The van der Waals surface area contributed by atoms with Gasteiger partial charge in [-0.15, -0.1) is 0 Å². The first-order valence-electron chi connectivity index (χ1n) is 7.83. The predicted molar refractivity (Wildman–Crippen MR) is 91.1 cm³/mol. The SMILES string of the molecule is COc1cc2ncnc(N3CC(CN)C3)c2cc1OC.O=C(O)C(F)(F)F. The lowest BCUT2D eigenvalue weighted by molar-refractivity contribution is -0.192. The van der Waals surface area contributed by atoms with Crippen molar-refractivity contribution in [2.45, 2.75) is 6.18 Å². The van der Waals surface area contributed by atoms with E-state index in [2.05, 4.69) is 14.9 Å². The molecule has 148 valence electrons. The molecule has 1 aliphatic rings. The normalized spacial score (nSPS) is 14.2. The number of rotatable bonds is 4. The molecule has 0 unspecified atom stereocenters. The topological polar surface area (TPSA) is 111 Å². The smallest absolute Gasteiger partial charge is 0.490 e. The molecule has 2 heterocycles. The Kier molecular flexibility index (Phi) is 6.26. The van der Waals surface area contributed by atoms with Crippen molar-refractivity contribution >= 4 is 22.7 Å². The molecule has 0 bridgehead atoms. The Balaban J connectivity index is 0.000000321. The number of carboxylic acid groups (broad SMARTS) is 1. The highest BCUT2D eigenvalue weighted by molar-refractivity contribution is 5.92. The highest BCUT2D eigenvalue weighted by Crippen LogP contribution is 2.36. The zero-order valence-corrected chi connectivity index (χ0v) is 14.7. The molecule has 1 fully saturated rings. The minimum absolute atomic E-state index is 0.556. The van der Waals surface area contributed by atoms with Gasteiger partial charge in [-0.3, -0.25) is 0 Å². The number of carboxylic acids is 1. The molecule has 1 aromatic carbocycles. The van der Waals surface area contributed by atoms with Crippen molar-refractivity contribution in [1.82, 2.24) is 9.97 Å². The zero-order chi connectivity index (χ0) is 20.2. The van der Waals surface area contributed by atoms with Crippen molar-refractivity contribution in [3.05, 3.63) is 18.5 Å². The molecule has 0 aliphatic carbocycles. The van der Waals surface area contributed by atoms with Crippen molar-refractivity contribution in [1.29, 1.82) is 0 Å². The maximum atomic E-state index is 10.6. The fourth-order valence-electron chi connectivity index (χ4n) is 2.51. The van der Waals surface area contributed by atoms with Crippen LogP contribution >= 0.6 is 0 Å². The number of benzene rings is 1. The fourth-order valence-corrected chi connectivity index (χ4v) is 2.51. The Hall–Kier alpha value is -2.82. The van der Waals surface area contributed by atoms with Gasteiger partial charge in [0.25, 0.3) is 0 Å². The second-order valence-electron chi connectivity index (χ2n) is 5.73. The molecule has 0 amide bonds. The quantitative estimate of drug-likeness (QED) is 0.814. The third kappa shape index (κ3) is 4.67. The minimum atomic E-state index is -5.08. The van der Waals surface area contributed by atoms with Gasteiger partial charge in [0.05, 0.1) is 19.7 Å². The van der Waals surface area contributed by atoms with Gasteiger partial charge in [-0.25, -0.2) is 14.8 Å². The largest absolute Gasteiger partial charge is 0.493 e. The second kappa shape index (κ2) is 8.25. The molecule has 2 aromatic rings. The van der Waals surface area contributed by atoms with Crippen LogP contribution in [0.4, 0.5) is 19.0 Å². The summed E-state index contributed by atoms with van der Waals surface area (Å²) in [5.41, 5.74) is 6.53. The highest BCUT2D eigenvalue weighted by Gasteiger charge is 2.38. The van der Waals surface area contributed by atoms with Gasteiger partial charge in [-0.2, -0.15) is 13.2 Å². The Bertz CT molecular complexity index is 810. The number of ether oxygens (including phenoxy) is 2. The van der Waals surface area contributed by atoms with E-state index in [9.17, 15) is 13.2 Å². The monoisotopic (exact) mass is 388 g/mol. The fraction of sp³-hybridized carbons (Fsp3) is 0.438. The van der Waals surface area contributed by atoms with E-state index >= 15 is 0 Å². The van der Waals surface area contributed by atoms with Crippen LogP contribution in [0.5, 0.6) is 11.5 Å². The van der Waals surface area contributed by atoms with Crippen LogP contribution in [0.25, 0.3) is 10.9 Å². The Labute approximate surface area is 152 Å². The van der Waals surface area contributed by atoms with Crippen molar-refractivity contribution in [3.63, 3.8) is 0 Å². The molecule has 0 radical (unpaired) electrons. The maximum Gasteiger partial charge on any atom is 0.490 e. The number of aromatic nitrogens is 2. The molecule has 3 rings (SSSR count). The van der Waals surface area contributed by atoms with E-state index in [1.54, 1.807) is 20.5 Å². The summed E-state index contributed by atoms with van der Waals surface area (Å²) in [5.74, 6) is 0.0911. The van der Waals surface area contributed by atoms with Crippen LogP contribution in [0, 0.1) is 5.92 Å². The molecule has 3 N–H and O–H groups in total. The average Bonchev–Trinajstić information content (AvgIpc) is 2.59. The lowest BCUT2D eigenvalue weighted by Gasteiger charge is -2.40. The van der Waals surface area contributed by atoms with Crippen LogP contribution in [0.15, 0.2) is 18.5 Å². The summed E-state index contributed by atoms with van der Waals surface area (Å²) in [6.45, 7) is 2.60. The molecule has 27 heavy (non-hydrogen) atoms. The Morgan fingerprint density at radius 2 is 1.81 bits per heavy atom. The zero-order valence-electron chi connectivity index (χ0n) is 14.7. The number of hydrogen-bond donors (Lipinski definition) is 2. The lowest BCUT2D eigenvalue weighted by Crippen LogP contribution is -2.50. The first-order valence-corrected chi connectivity index (χ1v) is 7.83. The molecule has 0 saturated carbocycles. The van der Waals surface area contributed by atoms with Crippen molar-refractivity contribution in [2.75, 3.05) is 38.8 Å². The van der Waals surface area contributed by atoms with Crippen LogP contribution in [0.2, 0.25) is 0 Å². The molecule has 8 nitrogen and oxygen atoms in total. The molecule has 0 spiro atoms. The van der Waals surface area contributed by atoms with Gasteiger partial charge in [0.2, 0.25) is 0 Å². The third-order valence-corrected chi connectivity index (χ3v) is 3.95. The lowest BCUT2D eigenvalue weighted by atomic mass is 10.00. The van der Waals surface area contributed by atoms with Crippen LogP contribution in [0.1, 0.15) is 0 Å². The van der Waals surface area contributed by atoms with E-state index < -0.39 is 12.1 Å². The molecule has 1 saturated heterocycles. The summed E-state index contributed by atoms with van der Waals surface area (Å²) in [4.78, 5) is 19.8. The van der Waals surface area contributed by atoms with Gasteiger partial charge in [0.1, 0.15) is 12.1 Å². The van der Waals surface area contributed by atoms with Crippen LogP contribution in [0.3, 0.4) is 0 Å². The standard InChI is InChI=1S/C14H18N4O2.C2HF3O2/c1-19-12-3-10-11(4-13(12)20-2)16-8-17-14(10)18-6-9(5-15)7-18;3-2(4,5)1(6)7/h3-4,8-9H,5-7,15H2,1-2H3;(H,6,7). The van der Waals surface area contributed by atoms with Crippen LogP contribution in [-0.4, -0.2) is 61.1 Å².